The number of carbonyl (C=O) groups is 1. The van der Waals surface area contributed by atoms with Gasteiger partial charge in [-0.05, 0) is 11.6 Å². The third-order valence-electron chi connectivity index (χ3n) is 4.17. The first-order valence-electron chi connectivity index (χ1n) is 7.19. The monoisotopic (exact) mass is 329 g/mol. The van der Waals surface area contributed by atoms with E-state index in [1.54, 1.807) is 0 Å². The van der Waals surface area contributed by atoms with E-state index in [9.17, 15) is 4.79 Å². The molecular weight excluding hydrogens is 309 g/mol. The maximum Gasteiger partial charge on any atom is 0.228 e. The molecule has 1 aromatic rings. The van der Waals surface area contributed by atoms with Crippen LogP contribution in [0, 0.1) is 5.92 Å². The van der Waals surface area contributed by atoms with E-state index in [1.807, 2.05) is 23.1 Å². The molecule has 0 radical (unpaired) electrons. The van der Waals surface area contributed by atoms with Gasteiger partial charge in [0.2, 0.25) is 5.91 Å². The van der Waals surface area contributed by atoms with E-state index in [0.29, 0.717) is 5.91 Å². The van der Waals surface area contributed by atoms with E-state index < -0.39 is 0 Å². The smallest absolute Gasteiger partial charge is 0.228 e. The molecule has 1 aromatic carbocycles. The van der Waals surface area contributed by atoms with Crippen molar-refractivity contribution in [3.63, 3.8) is 0 Å². The van der Waals surface area contributed by atoms with Crippen molar-refractivity contribution in [3.8, 4) is 0 Å². The maximum atomic E-state index is 12.1. The van der Waals surface area contributed by atoms with Crippen molar-refractivity contribution in [2.75, 3.05) is 39.3 Å². The summed E-state index contributed by atoms with van der Waals surface area (Å²) in [6.45, 7) is 6.08. The first kappa shape index (κ1) is 16.6. The molecule has 0 unspecified atom stereocenters. The van der Waals surface area contributed by atoms with Crippen molar-refractivity contribution in [3.05, 3.63) is 34.9 Å². The first-order valence-corrected chi connectivity index (χ1v) is 7.57. The van der Waals surface area contributed by atoms with Crippen LogP contribution in [0.3, 0.4) is 0 Å². The normalized spacial score (nSPS) is 19.8. The highest BCUT2D eigenvalue weighted by Gasteiger charge is 2.30. The van der Waals surface area contributed by atoms with Crippen LogP contribution in [0.2, 0.25) is 5.02 Å². The summed E-state index contributed by atoms with van der Waals surface area (Å²) in [6, 6.07) is 7.97. The lowest BCUT2D eigenvalue weighted by Gasteiger charge is -2.38. The van der Waals surface area contributed by atoms with Gasteiger partial charge in [0.05, 0.1) is 5.92 Å². The summed E-state index contributed by atoms with van der Waals surface area (Å²) in [5.74, 6) is 0.534. The number of nitrogens with zero attached hydrogens (tertiary/aromatic N) is 2. The lowest BCUT2D eigenvalue weighted by molar-refractivity contribution is -0.138. The maximum absolute atomic E-state index is 12.1. The molecule has 0 spiro atoms. The SMILES string of the molecule is Cl.O=C(C1CNC1)N1CCN(Cc2ccccc2Cl)CC1. The molecule has 0 atom stereocenters. The van der Waals surface area contributed by atoms with Gasteiger partial charge in [0.15, 0.2) is 0 Å². The highest BCUT2D eigenvalue weighted by molar-refractivity contribution is 6.31. The summed E-state index contributed by atoms with van der Waals surface area (Å²) in [5.41, 5.74) is 1.16. The Balaban J connectivity index is 0.00000161. The summed E-state index contributed by atoms with van der Waals surface area (Å²) in [7, 11) is 0. The minimum Gasteiger partial charge on any atom is -0.340 e. The molecule has 1 N–H and O–H groups in total. The number of carbonyl (C=O) groups excluding carboxylic acids is 1. The van der Waals surface area contributed by atoms with Crippen molar-refractivity contribution in [1.29, 1.82) is 0 Å². The van der Waals surface area contributed by atoms with E-state index in [4.69, 9.17) is 11.6 Å². The Morgan fingerprint density at radius 1 is 1.19 bits per heavy atom. The Morgan fingerprint density at radius 3 is 2.43 bits per heavy atom. The van der Waals surface area contributed by atoms with Gasteiger partial charge >= 0.3 is 0 Å². The molecule has 3 rings (SSSR count). The Morgan fingerprint density at radius 2 is 1.86 bits per heavy atom. The Bertz CT molecular complexity index is 486. The second-order valence-corrected chi connectivity index (χ2v) is 5.96. The minimum atomic E-state index is 0. The van der Waals surface area contributed by atoms with Crippen LogP contribution in [-0.4, -0.2) is 55.0 Å². The van der Waals surface area contributed by atoms with Crippen molar-refractivity contribution < 1.29 is 4.79 Å². The summed E-state index contributed by atoms with van der Waals surface area (Å²) in [4.78, 5) is 16.5. The van der Waals surface area contributed by atoms with Gasteiger partial charge in [0.25, 0.3) is 0 Å². The van der Waals surface area contributed by atoms with Gasteiger partial charge in [0.1, 0.15) is 0 Å². The molecule has 2 fully saturated rings. The van der Waals surface area contributed by atoms with Gasteiger partial charge in [-0.15, -0.1) is 12.4 Å². The Hall–Kier alpha value is -0.810. The number of benzene rings is 1. The van der Waals surface area contributed by atoms with Crippen molar-refractivity contribution in [2.45, 2.75) is 6.54 Å². The predicted molar refractivity (Wildman–Crippen MR) is 86.9 cm³/mol. The zero-order valence-corrected chi connectivity index (χ0v) is 13.5. The molecule has 21 heavy (non-hydrogen) atoms. The molecule has 1 amide bonds. The molecule has 4 nitrogen and oxygen atoms in total. The highest BCUT2D eigenvalue weighted by Crippen LogP contribution is 2.18. The fraction of sp³-hybridized carbons (Fsp3) is 0.533. The zero-order chi connectivity index (χ0) is 13.9. The number of rotatable bonds is 3. The van der Waals surface area contributed by atoms with Crippen LogP contribution >= 0.6 is 24.0 Å². The summed E-state index contributed by atoms with van der Waals surface area (Å²) < 4.78 is 0. The van der Waals surface area contributed by atoms with Crippen LogP contribution in [0.1, 0.15) is 5.56 Å². The van der Waals surface area contributed by atoms with Crippen LogP contribution < -0.4 is 5.32 Å². The number of amides is 1. The Labute approximate surface area is 136 Å². The minimum absolute atomic E-state index is 0. The molecule has 0 bridgehead atoms. The third kappa shape index (κ3) is 3.89. The second kappa shape index (κ2) is 7.45. The fourth-order valence-corrected chi connectivity index (χ4v) is 2.91. The number of hydrogen-bond acceptors (Lipinski definition) is 3. The van der Waals surface area contributed by atoms with Gasteiger partial charge in [-0.1, -0.05) is 29.8 Å². The van der Waals surface area contributed by atoms with Gasteiger partial charge in [-0.25, -0.2) is 0 Å². The molecule has 2 heterocycles. The zero-order valence-electron chi connectivity index (χ0n) is 11.9. The molecule has 2 saturated heterocycles. The largest absolute Gasteiger partial charge is 0.340 e. The number of nitrogens with one attached hydrogen (secondary N) is 1. The van der Waals surface area contributed by atoms with E-state index in [2.05, 4.69) is 16.3 Å². The third-order valence-corrected chi connectivity index (χ3v) is 4.54. The van der Waals surface area contributed by atoms with Crippen LogP contribution in [0.25, 0.3) is 0 Å². The van der Waals surface area contributed by atoms with Crippen LogP contribution in [0.5, 0.6) is 0 Å². The number of hydrogen-bond donors (Lipinski definition) is 1. The quantitative estimate of drug-likeness (QED) is 0.915. The lowest BCUT2D eigenvalue weighted by Crippen LogP contribution is -2.56. The summed E-state index contributed by atoms with van der Waals surface area (Å²) >= 11 is 6.19. The standard InChI is InChI=1S/C15H20ClN3O.ClH/c16-14-4-2-1-3-12(14)11-18-5-7-19(8-6-18)15(20)13-9-17-10-13;/h1-4,13,17H,5-11H2;1H. The predicted octanol–water partition coefficient (Wildman–Crippen LogP) is 1.63. The molecule has 0 aromatic heterocycles. The molecule has 6 heteroatoms. The van der Waals surface area contributed by atoms with Crippen molar-refractivity contribution in [2.24, 2.45) is 5.92 Å². The van der Waals surface area contributed by atoms with Crippen LogP contribution in [0.15, 0.2) is 24.3 Å². The molecule has 2 aliphatic heterocycles. The molecule has 116 valence electrons. The van der Waals surface area contributed by atoms with E-state index in [-0.39, 0.29) is 18.3 Å². The molecule has 0 aliphatic carbocycles. The van der Waals surface area contributed by atoms with Gasteiger partial charge < -0.3 is 10.2 Å². The number of halogens is 2. The van der Waals surface area contributed by atoms with E-state index in [0.717, 1.165) is 56.4 Å². The van der Waals surface area contributed by atoms with Gasteiger partial charge in [-0.2, -0.15) is 0 Å². The first-order chi connectivity index (χ1) is 9.74. The fourth-order valence-electron chi connectivity index (χ4n) is 2.72. The summed E-state index contributed by atoms with van der Waals surface area (Å²) in [5, 5.41) is 3.98. The molecule has 2 aliphatic rings. The van der Waals surface area contributed by atoms with Crippen LogP contribution in [0.4, 0.5) is 0 Å². The van der Waals surface area contributed by atoms with Crippen LogP contribution in [-0.2, 0) is 11.3 Å². The van der Waals surface area contributed by atoms with Gasteiger partial charge in [0, 0.05) is 50.8 Å². The van der Waals surface area contributed by atoms with Gasteiger partial charge in [-0.3, -0.25) is 9.69 Å². The molecule has 0 saturated carbocycles. The summed E-state index contributed by atoms with van der Waals surface area (Å²) in [6.07, 6.45) is 0. The van der Waals surface area contributed by atoms with Crippen molar-refractivity contribution in [1.82, 2.24) is 15.1 Å². The Kier molecular flexibility index (Phi) is 5.88. The van der Waals surface area contributed by atoms with E-state index in [1.165, 1.54) is 0 Å². The highest BCUT2D eigenvalue weighted by atomic mass is 35.5. The second-order valence-electron chi connectivity index (χ2n) is 5.55. The lowest BCUT2D eigenvalue weighted by atomic mass is 10.0. The topological polar surface area (TPSA) is 35.6 Å². The average Bonchev–Trinajstić information content (AvgIpc) is 2.40. The van der Waals surface area contributed by atoms with E-state index >= 15 is 0 Å². The average molecular weight is 330 g/mol. The van der Waals surface area contributed by atoms with Crippen molar-refractivity contribution >= 4 is 29.9 Å². The molecular formula is C15H21Cl2N3O. The number of piperazine rings is 1.